The van der Waals surface area contributed by atoms with Gasteiger partial charge in [-0.2, -0.15) is 0 Å². The van der Waals surface area contributed by atoms with Crippen LogP contribution in [0.25, 0.3) is 0 Å². The second kappa shape index (κ2) is 8.31. The Morgan fingerprint density at radius 1 is 1.19 bits per heavy atom. The maximum Gasteiger partial charge on any atom is 0.321 e. The van der Waals surface area contributed by atoms with Gasteiger partial charge in [0.25, 0.3) is 0 Å². The van der Waals surface area contributed by atoms with Gasteiger partial charge in [0.1, 0.15) is 5.75 Å². The average molecular weight is 389 g/mol. The summed E-state index contributed by atoms with van der Waals surface area (Å²) < 4.78 is 5.91. The molecule has 0 aliphatic carbocycles. The molecule has 1 fully saturated rings. The van der Waals surface area contributed by atoms with Crippen LogP contribution in [0.3, 0.4) is 0 Å². The first-order chi connectivity index (χ1) is 12.9. The molecule has 7 heteroatoms. The summed E-state index contributed by atoms with van der Waals surface area (Å²) in [6.07, 6.45) is 0.899. The number of nitrogens with zero attached hydrogens (tertiary/aromatic N) is 1. The van der Waals surface area contributed by atoms with Crippen LogP contribution < -0.4 is 10.1 Å². The molecule has 6 nitrogen and oxygen atoms in total. The normalized spacial score (nSPS) is 14.7. The van der Waals surface area contributed by atoms with Crippen LogP contribution in [0.2, 0.25) is 5.02 Å². The minimum absolute atomic E-state index is 0.296. The molecule has 0 unspecified atom stereocenters. The largest absolute Gasteiger partial charge is 0.481 e. The van der Waals surface area contributed by atoms with Crippen molar-refractivity contribution in [2.24, 2.45) is 5.92 Å². The molecule has 27 heavy (non-hydrogen) atoms. The number of hydrogen-bond donors (Lipinski definition) is 2. The first kappa shape index (κ1) is 19.0. The van der Waals surface area contributed by atoms with Gasteiger partial charge in [-0.3, -0.25) is 4.79 Å². The number of carboxylic acid groups (broad SMARTS) is 1. The lowest BCUT2D eigenvalue weighted by molar-refractivity contribution is -0.143. The molecule has 1 heterocycles. The van der Waals surface area contributed by atoms with Crippen LogP contribution in [0.1, 0.15) is 18.4 Å². The van der Waals surface area contributed by atoms with Gasteiger partial charge in [0.2, 0.25) is 0 Å². The molecule has 2 aromatic carbocycles. The number of anilines is 1. The van der Waals surface area contributed by atoms with E-state index in [1.807, 2.05) is 31.2 Å². The minimum Gasteiger partial charge on any atom is -0.481 e. The summed E-state index contributed by atoms with van der Waals surface area (Å²) in [5.41, 5.74) is 1.53. The maximum absolute atomic E-state index is 12.6. The van der Waals surface area contributed by atoms with E-state index < -0.39 is 5.97 Å². The lowest BCUT2D eigenvalue weighted by Gasteiger charge is -2.30. The van der Waals surface area contributed by atoms with Crippen LogP contribution in [0.15, 0.2) is 42.5 Å². The molecular weight excluding hydrogens is 368 g/mol. The zero-order chi connectivity index (χ0) is 19.4. The number of nitrogens with one attached hydrogen (secondary N) is 1. The standard InChI is InChI=1S/C20H21ClN2O4/c1-13-3-2-4-16(11-13)27-18-6-5-15(21)12-17(18)22-20(26)23-9-7-14(8-10-23)19(24)25/h2-6,11-12,14H,7-10H2,1H3,(H,22,26)(H,24,25). The van der Waals surface area contributed by atoms with E-state index >= 15 is 0 Å². The molecule has 2 amide bonds. The summed E-state index contributed by atoms with van der Waals surface area (Å²) in [6.45, 7) is 2.77. The summed E-state index contributed by atoms with van der Waals surface area (Å²) in [4.78, 5) is 25.2. The second-order valence-electron chi connectivity index (χ2n) is 6.59. The molecule has 0 atom stereocenters. The number of carbonyl (C=O) groups is 2. The lowest BCUT2D eigenvalue weighted by Crippen LogP contribution is -2.42. The van der Waals surface area contributed by atoms with Gasteiger partial charge in [-0.25, -0.2) is 4.79 Å². The van der Waals surface area contributed by atoms with E-state index in [0.29, 0.717) is 48.1 Å². The number of piperidine rings is 1. The number of ether oxygens (including phenoxy) is 1. The van der Waals surface area contributed by atoms with Crippen LogP contribution in [0.4, 0.5) is 10.5 Å². The Bertz CT molecular complexity index is 848. The Kier molecular flexibility index (Phi) is 5.86. The van der Waals surface area contributed by atoms with E-state index in [-0.39, 0.29) is 11.9 Å². The number of likely N-dealkylation sites (tertiary alicyclic amines) is 1. The zero-order valence-corrected chi connectivity index (χ0v) is 15.7. The Hall–Kier alpha value is -2.73. The molecule has 1 saturated heterocycles. The van der Waals surface area contributed by atoms with E-state index in [4.69, 9.17) is 21.4 Å². The molecule has 0 radical (unpaired) electrons. The molecule has 2 aromatic rings. The van der Waals surface area contributed by atoms with Crippen LogP contribution in [-0.4, -0.2) is 35.1 Å². The minimum atomic E-state index is -0.807. The van der Waals surface area contributed by atoms with Gasteiger partial charge in [0, 0.05) is 18.1 Å². The van der Waals surface area contributed by atoms with Gasteiger partial charge < -0.3 is 20.1 Å². The third kappa shape index (κ3) is 4.92. The van der Waals surface area contributed by atoms with Gasteiger partial charge >= 0.3 is 12.0 Å². The Morgan fingerprint density at radius 2 is 1.93 bits per heavy atom. The first-order valence-corrected chi connectivity index (χ1v) is 9.13. The van der Waals surface area contributed by atoms with Crippen molar-refractivity contribution in [3.63, 3.8) is 0 Å². The molecule has 1 aliphatic rings. The molecule has 1 aliphatic heterocycles. The van der Waals surface area contributed by atoms with Gasteiger partial charge in [0.15, 0.2) is 5.75 Å². The van der Waals surface area contributed by atoms with E-state index in [1.165, 1.54) is 0 Å². The molecule has 0 spiro atoms. The summed E-state index contributed by atoms with van der Waals surface area (Å²) in [5, 5.41) is 12.4. The molecule has 142 valence electrons. The first-order valence-electron chi connectivity index (χ1n) is 8.75. The molecule has 3 rings (SSSR count). The number of rotatable bonds is 4. The Morgan fingerprint density at radius 3 is 2.59 bits per heavy atom. The van der Waals surface area contributed by atoms with Crippen LogP contribution in [0, 0.1) is 12.8 Å². The number of carbonyl (C=O) groups excluding carboxylic acids is 1. The number of hydrogen-bond acceptors (Lipinski definition) is 3. The number of urea groups is 1. The molecule has 0 aromatic heterocycles. The van der Waals surface area contributed by atoms with Crippen molar-refractivity contribution in [3.05, 3.63) is 53.1 Å². The monoisotopic (exact) mass is 388 g/mol. The van der Waals surface area contributed by atoms with Crippen LogP contribution in [0.5, 0.6) is 11.5 Å². The Balaban J connectivity index is 1.71. The van der Waals surface area contributed by atoms with Gasteiger partial charge in [-0.15, -0.1) is 0 Å². The predicted molar refractivity (Wildman–Crippen MR) is 104 cm³/mol. The van der Waals surface area contributed by atoms with Crippen molar-refractivity contribution in [1.82, 2.24) is 4.90 Å². The SMILES string of the molecule is Cc1cccc(Oc2ccc(Cl)cc2NC(=O)N2CCC(C(=O)O)CC2)c1. The van der Waals surface area contributed by atoms with Gasteiger partial charge in [0.05, 0.1) is 11.6 Å². The molecular formula is C20H21ClN2O4. The second-order valence-corrected chi connectivity index (χ2v) is 7.03. The smallest absolute Gasteiger partial charge is 0.321 e. The van der Waals surface area contributed by atoms with Crippen molar-refractivity contribution < 1.29 is 19.4 Å². The van der Waals surface area contributed by atoms with E-state index in [1.54, 1.807) is 23.1 Å². The number of carboxylic acids is 1. The van der Waals surface area contributed by atoms with E-state index in [0.717, 1.165) is 5.56 Å². The third-order valence-electron chi connectivity index (χ3n) is 4.53. The van der Waals surface area contributed by atoms with E-state index in [2.05, 4.69) is 5.32 Å². The average Bonchev–Trinajstić information content (AvgIpc) is 2.64. The summed E-state index contributed by atoms with van der Waals surface area (Å²) in [7, 11) is 0. The number of amides is 2. The number of aryl methyl sites for hydroxylation is 1. The van der Waals surface area contributed by atoms with Crippen molar-refractivity contribution in [2.45, 2.75) is 19.8 Å². The number of halogens is 1. The zero-order valence-electron chi connectivity index (χ0n) is 14.9. The topological polar surface area (TPSA) is 78.9 Å². The lowest BCUT2D eigenvalue weighted by atomic mass is 9.97. The maximum atomic E-state index is 12.6. The van der Waals surface area contributed by atoms with Crippen molar-refractivity contribution in [1.29, 1.82) is 0 Å². The fraction of sp³-hybridized carbons (Fsp3) is 0.300. The Labute approximate surface area is 162 Å². The van der Waals surface area contributed by atoms with Crippen LogP contribution >= 0.6 is 11.6 Å². The summed E-state index contributed by atoms with van der Waals surface area (Å²) >= 11 is 6.08. The van der Waals surface area contributed by atoms with Gasteiger partial charge in [-0.05, 0) is 55.7 Å². The van der Waals surface area contributed by atoms with Crippen molar-refractivity contribution >= 4 is 29.3 Å². The highest BCUT2D eigenvalue weighted by molar-refractivity contribution is 6.31. The van der Waals surface area contributed by atoms with Crippen molar-refractivity contribution in [3.8, 4) is 11.5 Å². The number of benzene rings is 2. The fourth-order valence-corrected chi connectivity index (χ4v) is 3.19. The van der Waals surface area contributed by atoms with Gasteiger partial charge in [-0.1, -0.05) is 23.7 Å². The molecule has 2 N–H and O–H groups in total. The highest BCUT2D eigenvalue weighted by atomic mass is 35.5. The van der Waals surface area contributed by atoms with Crippen LogP contribution in [-0.2, 0) is 4.79 Å². The number of aliphatic carboxylic acids is 1. The predicted octanol–water partition coefficient (Wildman–Crippen LogP) is 4.77. The molecule has 0 bridgehead atoms. The highest BCUT2D eigenvalue weighted by Crippen LogP contribution is 2.33. The van der Waals surface area contributed by atoms with Crippen molar-refractivity contribution in [2.75, 3.05) is 18.4 Å². The highest BCUT2D eigenvalue weighted by Gasteiger charge is 2.27. The fourth-order valence-electron chi connectivity index (χ4n) is 3.02. The molecule has 0 saturated carbocycles. The summed E-state index contributed by atoms with van der Waals surface area (Å²) in [6, 6.07) is 12.3. The van der Waals surface area contributed by atoms with E-state index in [9.17, 15) is 9.59 Å². The summed E-state index contributed by atoms with van der Waals surface area (Å²) in [5.74, 6) is -0.0481. The third-order valence-corrected chi connectivity index (χ3v) is 4.77. The quantitative estimate of drug-likeness (QED) is 0.790.